The topological polar surface area (TPSA) is 58.2 Å². The van der Waals surface area contributed by atoms with E-state index in [4.69, 9.17) is 0 Å². The Kier molecular flexibility index (Phi) is 6.96. The number of hydrogen-bond donors (Lipinski definition) is 2. The molecule has 0 fully saturated rings. The van der Waals surface area contributed by atoms with E-state index in [1.807, 2.05) is 6.07 Å². The van der Waals surface area contributed by atoms with Gasteiger partial charge in [-0.2, -0.15) is 0 Å². The van der Waals surface area contributed by atoms with Crippen molar-refractivity contribution < 1.29 is 9.59 Å². The van der Waals surface area contributed by atoms with Crippen molar-refractivity contribution in [3.8, 4) is 0 Å². The predicted octanol–water partition coefficient (Wildman–Crippen LogP) is 3.88. The summed E-state index contributed by atoms with van der Waals surface area (Å²) in [6, 6.07) is 16.5. The van der Waals surface area contributed by atoms with Crippen LogP contribution in [0.2, 0.25) is 0 Å². The Morgan fingerprint density at radius 3 is 2.04 bits per heavy atom. The first kappa shape index (κ1) is 19.7. The minimum absolute atomic E-state index is 0.0931. The maximum Gasteiger partial charge on any atom is 0.251 e. The quantitative estimate of drug-likeness (QED) is 0.794. The van der Waals surface area contributed by atoms with E-state index < -0.39 is 6.04 Å². The van der Waals surface area contributed by atoms with Gasteiger partial charge in [0.05, 0.1) is 6.04 Å². The van der Waals surface area contributed by atoms with Gasteiger partial charge >= 0.3 is 0 Å². The monoisotopic (exact) mass is 352 g/mol. The Morgan fingerprint density at radius 1 is 0.885 bits per heavy atom. The lowest BCUT2D eigenvalue weighted by Gasteiger charge is -2.25. The van der Waals surface area contributed by atoms with Gasteiger partial charge in [-0.15, -0.1) is 0 Å². The van der Waals surface area contributed by atoms with E-state index >= 15 is 0 Å². The molecule has 0 bridgehead atoms. The molecule has 26 heavy (non-hydrogen) atoms. The van der Waals surface area contributed by atoms with Crippen LogP contribution in [-0.2, 0) is 11.2 Å². The molecule has 0 saturated carbocycles. The Bertz CT molecular complexity index is 724. The first-order valence-corrected chi connectivity index (χ1v) is 9.17. The highest BCUT2D eigenvalue weighted by atomic mass is 16.2. The summed E-state index contributed by atoms with van der Waals surface area (Å²) in [6.45, 7) is 7.97. The first-order chi connectivity index (χ1) is 12.4. The lowest BCUT2D eigenvalue weighted by Crippen LogP contribution is -2.46. The molecule has 4 nitrogen and oxygen atoms in total. The number of carbonyl (C=O) groups excluding carboxylic acids is 2. The average molecular weight is 352 g/mol. The van der Waals surface area contributed by atoms with Crippen LogP contribution in [0.5, 0.6) is 0 Å². The van der Waals surface area contributed by atoms with Crippen molar-refractivity contribution in [3.63, 3.8) is 0 Å². The fraction of sp³-hybridized carbons (Fsp3) is 0.364. The molecule has 0 aliphatic rings. The zero-order valence-electron chi connectivity index (χ0n) is 16.0. The van der Waals surface area contributed by atoms with Crippen molar-refractivity contribution >= 4 is 11.8 Å². The Labute approximate surface area is 156 Å². The third kappa shape index (κ3) is 5.19. The summed E-state index contributed by atoms with van der Waals surface area (Å²) in [5.41, 5.74) is 2.89. The highest BCUT2D eigenvalue weighted by molar-refractivity contribution is 5.97. The lowest BCUT2D eigenvalue weighted by molar-refractivity contribution is -0.123. The van der Waals surface area contributed by atoms with E-state index in [1.165, 1.54) is 5.56 Å². The van der Waals surface area contributed by atoms with Crippen LogP contribution in [0, 0.1) is 5.92 Å². The highest BCUT2D eigenvalue weighted by Gasteiger charge is 2.23. The molecule has 2 unspecified atom stereocenters. The van der Waals surface area contributed by atoms with Gasteiger partial charge < -0.3 is 10.6 Å². The number of benzene rings is 2. The van der Waals surface area contributed by atoms with Gasteiger partial charge in [0.1, 0.15) is 6.04 Å². The van der Waals surface area contributed by atoms with Gasteiger partial charge in [0.2, 0.25) is 5.91 Å². The van der Waals surface area contributed by atoms with Gasteiger partial charge in [0.15, 0.2) is 0 Å². The van der Waals surface area contributed by atoms with Crippen LogP contribution in [0.3, 0.4) is 0 Å². The molecule has 0 aromatic heterocycles. The number of rotatable bonds is 7. The third-order valence-corrected chi connectivity index (χ3v) is 4.49. The summed E-state index contributed by atoms with van der Waals surface area (Å²) in [5.74, 6) is -0.197. The predicted molar refractivity (Wildman–Crippen MR) is 105 cm³/mol. The van der Waals surface area contributed by atoms with Gasteiger partial charge in [-0.3, -0.25) is 9.59 Å². The largest absolute Gasteiger partial charge is 0.347 e. The molecule has 4 heteroatoms. The molecule has 2 atom stereocenters. The van der Waals surface area contributed by atoms with Crippen LogP contribution in [0.1, 0.15) is 55.2 Å². The Morgan fingerprint density at radius 2 is 1.50 bits per heavy atom. The van der Waals surface area contributed by atoms with E-state index in [0.717, 1.165) is 12.0 Å². The standard InChI is InChI=1S/C22H28N2O2/c1-5-17-11-13-18(14-12-17)20(15(2)3)24-21(25)16(4)23-22(26)19-9-7-6-8-10-19/h6-16,20H,5H2,1-4H3,(H,23,26)(H,24,25). The maximum atomic E-state index is 12.6. The molecule has 0 aliphatic heterocycles. The average Bonchev–Trinajstić information content (AvgIpc) is 2.66. The van der Waals surface area contributed by atoms with E-state index in [1.54, 1.807) is 31.2 Å². The van der Waals surface area contributed by atoms with Crippen molar-refractivity contribution in [2.45, 2.75) is 46.2 Å². The Balaban J connectivity index is 2.03. The number of amides is 2. The molecule has 0 saturated heterocycles. The first-order valence-electron chi connectivity index (χ1n) is 9.17. The van der Waals surface area contributed by atoms with Crippen LogP contribution < -0.4 is 10.6 Å². The van der Waals surface area contributed by atoms with E-state index in [9.17, 15) is 9.59 Å². The smallest absolute Gasteiger partial charge is 0.251 e. The van der Waals surface area contributed by atoms with E-state index in [-0.39, 0.29) is 23.8 Å². The van der Waals surface area contributed by atoms with E-state index in [2.05, 4.69) is 55.7 Å². The summed E-state index contributed by atoms with van der Waals surface area (Å²) in [7, 11) is 0. The summed E-state index contributed by atoms with van der Waals surface area (Å²) in [5, 5.41) is 5.83. The summed E-state index contributed by atoms with van der Waals surface area (Å²) in [6.07, 6.45) is 0.988. The number of nitrogens with one attached hydrogen (secondary N) is 2. The molecule has 2 aromatic carbocycles. The van der Waals surface area contributed by atoms with Crippen molar-refractivity contribution in [2.24, 2.45) is 5.92 Å². The summed E-state index contributed by atoms with van der Waals surface area (Å²) >= 11 is 0. The fourth-order valence-corrected chi connectivity index (χ4v) is 2.81. The van der Waals surface area contributed by atoms with Crippen LogP contribution in [0.4, 0.5) is 0 Å². The number of hydrogen-bond acceptors (Lipinski definition) is 2. The molecule has 0 radical (unpaired) electrons. The molecule has 0 spiro atoms. The molecular formula is C22H28N2O2. The lowest BCUT2D eigenvalue weighted by atomic mass is 9.94. The van der Waals surface area contributed by atoms with Gasteiger partial charge in [-0.05, 0) is 42.5 Å². The zero-order valence-corrected chi connectivity index (χ0v) is 16.0. The zero-order chi connectivity index (χ0) is 19.1. The van der Waals surface area contributed by atoms with Gasteiger partial charge in [0.25, 0.3) is 5.91 Å². The van der Waals surface area contributed by atoms with Gasteiger partial charge in [0, 0.05) is 5.56 Å². The molecule has 2 amide bonds. The van der Waals surface area contributed by atoms with Crippen LogP contribution in [0.25, 0.3) is 0 Å². The molecule has 2 N–H and O–H groups in total. The third-order valence-electron chi connectivity index (χ3n) is 4.49. The van der Waals surface area contributed by atoms with Crippen molar-refractivity contribution in [2.75, 3.05) is 0 Å². The van der Waals surface area contributed by atoms with Crippen LogP contribution in [0.15, 0.2) is 54.6 Å². The second kappa shape index (κ2) is 9.18. The maximum absolute atomic E-state index is 12.6. The normalized spacial score (nSPS) is 13.1. The minimum Gasteiger partial charge on any atom is -0.347 e. The SMILES string of the molecule is CCc1ccc(C(NC(=O)C(C)NC(=O)c2ccccc2)C(C)C)cc1. The van der Waals surface area contributed by atoms with Crippen LogP contribution in [-0.4, -0.2) is 17.9 Å². The van der Waals surface area contributed by atoms with E-state index in [0.29, 0.717) is 5.56 Å². The summed E-state index contributed by atoms with van der Waals surface area (Å²) < 4.78 is 0. The molecule has 0 heterocycles. The second-order valence-electron chi connectivity index (χ2n) is 6.89. The van der Waals surface area contributed by atoms with Crippen molar-refractivity contribution in [1.29, 1.82) is 0 Å². The van der Waals surface area contributed by atoms with Crippen LogP contribution >= 0.6 is 0 Å². The van der Waals surface area contributed by atoms with Gasteiger partial charge in [-0.25, -0.2) is 0 Å². The fourth-order valence-electron chi connectivity index (χ4n) is 2.81. The minimum atomic E-state index is -0.612. The number of carbonyl (C=O) groups is 2. The molecule has 0 aliphatic carbocycles. The molecular weight excluding hydrogens is 324 g/mol. The van der Waals surface area contributed by atoms with Gasteiger partial charge in [-0.1, -0.05) is 63.2 Å². The Hall–Kier alpha value is -2.62. The highest BCUT2D eigenvalue weighted by Crippen LogP contribution is 2.22. The number of aryl methyl sites for hydroxylation is 1. The van der Waals surface area contributed by atoms with Crippen molar-refractivity contribution in [3.05, 3.63) is 71.3 Å². The molecule has 138 valence electrons. The summed E-state index contributed by atoms with van der Waals surface area (Å²) in [4.78, 5) is 24.8. The molecule has 2 aromatic rings. The van der Waals surface area contributed by atoms with Crippen molar-refractivity contribution in [1.82, 2.24) is 10.6 Å². The molecule has 2 rings (SSSR count). The second-order valence-corrected chi connectivity index (χ2v) is 6.89.